The predicted octanol–water partition coefficient (Wildman–Crippen LogP) is 4.66. The Labute approximate surface area is 168 Å². The molecule has 0 fully saturated rings. The summed E-state index contributed by atoms with van der Waals surface area (Å²) in [4.78, 5) is 34.4. The number of alkyl halides is 3. The van der Waals surface area contributed by atoms with E-state index in [9.17, 15) is 32.9 Å². The fourth-order valence-corrected chi connectivity index (χ4v) is 3.38. The van der Waals surface area contributed by atoms with Crippen molar-refractivity contribution < 1.29 is 32.4 Å². The van der Waals surface area contributed by atoms with Crippen molar-refractivity contribution in [2.45, 2.75) is 19.1 Å². The van der Waals surface area contributed by atoms with Gasteiger partial charge in [-0.3, -0.25) is 14.9 Å². The molecule has 1 unspecified atom stereocenters. The zero-order chi connectivity index (χ0) is 21.1. The van der Waals surface area contributed by atoms with Gasteiger partial charge < -0.3 is 10.1 Å². The average Bonchev–Trinajstić information content (AvgIpc) is 3.04. The zero-order valence-corrected chi connectivity index (χ0v) is 16.5. The molecule has 0 aliphatic carbocycles. The van der Waals surface area contributed by atoms with Gasteiger partial charge in [0.2, 0.25) is 5.78 Å². The van der Waals surface area contributed by atoms with Crippen molar-refractivity contribution in [3.8, 4) is 0 Å². The van der Waals surface area contributed by atoms with Crippen molar-refractivity contribution in [2.24, 2.45) is 0 Å². The molecule has 12 heteroatoms. The number of nitrogens with one attached hydrogen (secondary N) is 1. The quantitative estimate of drug-likeness (QED) is 0.267. The van der Waals surface area contributed by atoms with Crippen LogP contribution in [0.5, 0.6) is 0 Å². The number of nitro benzene ring substituents is 1. The molecule has 1 atom stereocenters. The van der Waals surface area contributed by atoms with E-state index in [1.807, 2.05) is 0 Å². The van der Waals surface area contributed by atoms with Crippen LogP contribution in [0, 0.1) is 10.1 Å². The van der Waals surface area contributed by atoms with Crippen LogP contribution >= 0.6 is 27.3 Å². The minimum Gasteiger partial charge on any atom is -0.456 e. The molecule has 0 aliphatic rings. The van der Waals surface area contributed by atoms with Gasteiger partial charge in [-0.1, -0.05) is 0 Å². The third-order valence-corrected chi connectivity index (χ3v) is 5.11. The number of hydrogen-bond donors (Lipinski definition) is 1. The van der Waals surface area contributed by atoms with Gasteiger partial charge in [0.1, 0.15) is 11.7 Å². The van der Waals surface area contributed by atoms with Crippen LogP contribution in [0.1, 0.15) is 22.2 Å². The lowest BCUT2D eigenvalue weighted by molar-refractivity contribution is -0.384. The molecular weight excluding hydrogens is 469 g/mol. The first kappa shape index (κ1) is 21.8. The van der Waals surface area contributed by atoms with Crippen LogP contribution in [0.2, 0.25) is 0 Å². The molecule has 28 heavy (non-hydrogen) atoms. The smallest absolute Gasteiger partial charge is 0.416 e. The van der Waals surface area contributed by atoms with Crippen LogP contribution < -0.4 is 5.32 Å². The molecule has 0 bridgehead atoms. The Morgan fingerprint density at radius 2 is 2.00 bits per heavy atom. The highest BCUT2D eigenvalue weighted by molar-refractivity contribution is 9.11. The molecule has 2 aromatic rings. The number of ketones is 1. The molecule has 0 aliphatic heterocycles. The van der Waals surface area contributed by atoms with Crippen molar-refractivity contribution in [2.75, 3.05) is 11.9 Å². The highest BCUT2D eigenvalue weighted by atomic mass is 79.9. The van der Waals surface area contributed by atoms with Gasteiger partial charge in [-0.15, -0.1) is 11.3 Å². The van der Waals surface area contributed by atoms with Crippen LogP contribution in [0.25, 0.3) is 0 Å². The van der Waals surface area contributed by atoms with Gasteiger partial charge in [0.15, 0.2) is 6.61 Å². The largest absolute Gasteiger partial charge is 0.456 e. The predicted molar refractivity (Wildman–Crippen MR) is 98.5 cm³/mol. The number of rotatable bonds is 7. The van der Waals surface area contributed by atoms with Gasteiger partial charge in [0.05, 0.1) is 19.2 Å². The SMILES string of the molecule is CC(Nc1ccc(C(F)(F)F)cc1[N+](=O)[O-])C(=O)OCC(=O)c1ccc(Br)s1. The molecule has 7 nitrogen and oxygen atoms in total. The zero-order valence-electron chi connectivity index (χ0n) is 14.1. The van der Waals surface area contributed by atoms with Crippen LogP contribution in [0.15, 0.2) is 34.1 Å². The summed E-state index contributed by atoms with van der Waals surface area (Å²) in [6.07, 6.45) is -4.75. The average molecular weight is 481 g/mol. The second-order valence-electron chi connectivity index (χ2n) is 5.49. The lowest BCUT2D eigenvalue weighted by Gasteiger charge is -2.15. The van der Waals surface area contributed by atoms with E-state index in [1.54, 1.807) is 12.1 Å². The number of nitrogens with zero attached hydrogens (tertiary/aromatic N) is 1. The number of benzene rings is 1. The first-order valence-electron chi connectivity index (χ1n) is 7.56. The molecular formula is C16H12BrF3N2O5S. The van der Waals surface area contributed by atoms with E-state index in [2.05, 4.69) is 21.2 Å². The van der Waals surface area contributed by atoms with Crippen LogP contribution in [-0.2, 0) is 15.7 Å². The molecule has 1 aromatic heterocycles. The summed E-state index contributed by atoms with van der Waals surface area (Å²) < 4.78 is 43.8. The molecule has 1 N–H and O–H groups in total. The van der Waals surface area contributed by atoms with E-state index in [0.29, 0.717) is 17.0 Å². The van der Waals surface area contributed by atoms with E-state index in [-0.39, 0.29) is 5.69 Å². The maximum absolute atomic E-state index is 12.7. The number of Topliss-reactive ketones (excluding diaryl/α,β-unsaturated/α-hetero) is 1. The first-order valence-corrected chi connectivity index (χ1v) is 9.17. The lowest BCUT2D eigenvalue weighted by atomic mass is 10.1. The number of hydrogen-bond acceptors (Lipinski definition) is 7. The molecule has 1 heterocycles. The van der Waals surface area contributed by atoms with Crippen molar-refractivity contribution >= 4 is 50.4 Å². The maximum atomic E-state index is 12.7. The van der Waals surface area contributed by atoms with E-state index in [4.69, 9.17) is 4.74 Å². The van der Waals surface area contributed by atoms with E-state index < -0.39 is 46.8 Å². The Morgan fingerprint density at radius 1 is 1.32 bits per heavy atom. The van der Waals surface area contributed by atoms with Crippen molar-refractivity contribution in [1.29, 1.82) is 0 Å². The van der Waals surface area contributed by atoms with E-state index in [1.165, 1.54) is 6.92 Å². The van der Waals surface area contributed by atoms with Gasteiger partial charge in [-0.2, -0.15) is 13.2 Å². The molecule has 0 saturated heterocycles. The highest BCUT2D eigenvalue weighted by Gasteiger charge is 2.33. The van der Waals surface area contributed by atoms with Gasteiger partial charge >= 0.3 is 12.1 Å². The Morgan fingerprint density at radius 3 is 2.54 bits per heavy atom. The molecule has 0 spiro atoms. The number of esters is 1. The second kappa shape index (κ2) is 8.69. The molecule has 150 valence electrons. The van der Waals surface area contributed by atoms with E-state index >= 15 is 0 Å². The highest BCUT2D eigenvalue weighted by Crippen LogP contribution is 2.35. The second-order valence-corrected chi connectivity index (χ2v) is 7.95. The minimum absolute atomic E-state index is 0.282. The Bertz CT molecular complexity index is 916. The van der Waals surface area contributed by atoms with Crippen molar-refractivity contribution in [1.82, 2.24) is 0 Å². The summed E-state index contributed by atoms with van der Waals surface area (Å²) in [5.74, 6) is -1.32. The fourth-order valence-electron chi connectivity index (χ4n) is 2.07. The Balaban J connectivity index is 2.05. The monoisotopic (exact) mass is 480 g/mol. The van der Waals surface area contributed by atoms with Gasteiger partial charge in [0, 0.05) is 6.07 Å². The van der Waals surface area contributed by atoms with Gasteiger partial charge in [0.25, 0.3) is 5.69 Å². The topological polar surface area (TPSA) is 98.5 Å². The normalized spacial score (nSPS) is 12.3. The van der Waals surface area contributed by atoms with Crippen LogP contribution in [-0.4, -0.2) is 29.3 Å². The summed E-state index contributed by atoms with van der Waals surface area (Å²) in [5, 5.41) is 13.5. The fraction of sp³-hybridized carbons (Fsp3) is 0.250. The number of thiophene rings is 1. The molecule has 0 radical (unpaired) electrons. The minimum atomic E-state index is -4.75. The summed E-state index contributed by atoms with van der Waals surface area (Å²) in [6.45, 7) is 0.767. The Hall–Kier alpha value is -2.47. The number of halogens is 4. The summed E-state index contributed by atoms with van der Waals surface area (Å²) in [5.41, 5.74) is -2.31. The van der Waals surface area contributed by atoms with Crippen LogP contribution in [0.4, 0.5) is 24.5 Å². The third kappa shape index (κ3) is 5.52. The number of ether oxygens (including phenoxy) is 1. The molecule has 2 rings (SSSR count). The number of carbonyl (C=O) groups is 2. The summed E-state index contributed by atoms with van der Waals surface area (Å²) in [7, 11) is 0. The summed E-state index contributed by atoms with van der Waals surface area (Å²) >= 11 is 4.36. The number of carbonyl (C=O) groups excluding carboxylic acids is 2. The summed E-state index contributed by atoms with van der Waals surface area (Å²) in [6, 6.07) is 3.97. The number of anilines is 1. The van der Waals surface area contributed by atoms with Crippen molar-refractivity contribution in [3.05, 3.63) is 54.7 Å². The standard InChI is InChI=1S/C16H12BrF3N2O5S/c1-8(15(24)27-7-12(23)13-4-5-14(17)28-13)21-10-3-2-9(16(18,19)20)6-11(10)22(25)26/h2-6,8,21H,7H2,1H3. The van der Waals surface area contributed by atoms with Gasteiger partial charge in [-0.05, 0) is 47.1 Å². The maximum Gasteiger partial charge on any atom is 0.416 e. The lowest BCUT2D eigenvalue weighted by Crippen LogP contribution is -2.30. The van der Waals surface area contributed by atoms with Crippen molar-refractivity contribution in [3.63, 3.8) is 0 Å². The third-order valence-electron chi connectivity index (χ3n) is 3.44. The van der Waals surface area contributed by atoms with Crippen LogP contribution in [0.3, 0.4) is 0 Å². The van der Waals surface area contributed by atoms with Gasteiger partial charge in [-0.25, -0.2) is 4.79 Å². The molecule has 0 saturated carbocycles. The molecule has 0 amide bonds. The number of nitro groups is 1. The van der Waals surface area contributed by atoms with E-state index in [0.717, 1.165) is 21.2 Å². The first-order chi connectivity index (χ1) is 13.0. The molecule has 1 aromatic carbocycles. The Kier molecular flexibility index (Phi) is 6.77.